The van der Waals surface area contributed by atoms with Crippen LogP contribution in [0, 0.1) is 0 Å². The number of carbonyl (C=O) groups is 1. The molecule has 2 N–H and O–H groups in total. The van der Waals surface area contributed by atoms with Gasteiger partial charge in [-0.3, -0.25) is 4.79 Å². The van der Waals surface area contributed by atoms with E-state index in [1.165, 1.54) is 0 Å². The van der Waals surface area contributed by atoms with E-state index in [0.29, 0.717) is 30.5 Å². The maximum Gasteiger partial charge on any atom is 0.226 e. The van der Waals surface area contributed by atoms with Gasteiger partial charge in [0.15, 0.2) is 0 Å². The third-order valence-electron chi connectivity index (χ3n) is 4.03. The molecular weight excluding hydrogens is 342 g/mol. The molecule has 1 amide bonds. The van der Waals surface area contributed by atoms with Crippen LogP contribution in [0.4, 0.5) is 0 Å². The van der Waals surface area contributed by atoms with Gasteiger partial charge < -0.3 is 10.5 Å². The van der Waals surface area contributed by atoms with E-state index in [1.807, 2.05) is 19.1 Å². The summed E-state index contributed by atoms with van der Waals surface area (Å²) in [6.07, 6.45) is 0.612. The highest BCUT2D eigenvalue weighted by Gasteiger charge is 2.23. The van der Waals surface area contributed by atoms with Crippen LogP contribution in [0.1, 0.15) is 25.0 Å². The van der Waals surface area contributed by atoms with Crippen LogP contribution >= 0.6 is 11.6 Å². The van der Waals surface area contributed by atoms with Crippen LogP contribution in [-0.2, 0) is 16.3 Å². The molecule has 24 heavy (non-hydrogen) atoms. The SMILES string of the molecule is CCC(C(N)=O)c1nn(COCC[Si](C)(C)C)c2cc(Cl)ccc12. The first-order valence-corrected chi connectivity index (χ1v) is 12.3. The Labute approximate surface area is 149 Å². The molecule has 5 nitrogen and oxygen atoms in total. The van der Waals surface area contributed by atoms with E-state index < -0.39 is 14.0 Å². The third kappa shape index (κ3) is 4.59. The van der Waals surface area contributed by atoms with E-state index in [2.05, 4.69) is 24.7 Å². The van der Waals surface area contributed by atoms with E-state index in [-0.39, 0.29) is 5.91 Å². The van der Waals surface area contributed by atoms with Gasteiger partial charge in [-0.25, -0.2) is 4.68 Å². The number of nitrogens with zero attached hydrogens (tertiary/aromatic N) is 2. The highest BCUT2D eigenvalue weighted by molar-refractivity contribution is 6.76. The molecule has 0 aliphatic rings. The Morgan fingerprint density at radius 3 is 2.71 bits per heavy atom. The number of hydrogen-bond acceptors (Lipinski definition) is 3. The van der Waals surface area contributed by atoms with Gasteiger partial charge in [0.2, 0.25) is 5.91 Å². The summed E-state index contributed by atoms with van der Waals surface area (Å²) < 4.78 is 7.58. The zero-order chi connectivity index (χ0) is 17.9. The smallest absolute Gasteiger partial charge is 0.226 e. The van der Waals surface area contributed by atoms with Gasteiger partial charge in [0.1, 0.15) is 6.73 Å². The Balaban J connectivity index is 2.29. The van der Waals surface area contributed by atoms with E-state index in [1.54, 1.807) is 10.7 Å². The van der Waals surface area contributed by atoms with Gasteiger partial charge in [-0.05, 0) is 30.7 Å². The zero-order valence-corrected chi connectivity index (χ0v) is 16.6. The molecule has 1 aromatic carbocycles. The summed E-state index contributed by atoms with van der Waals surface area (Å²) in [6, 6.07) is 6.64. The minimum Gasteiger partial charge on any atom is -0.369 e. The molecule has 0 aliphatic heterocycles. The predicted molar refractivity (Wildman–Crippen MR) is 101 cm³/mol. The minimum absolute atomic E-state index is 0.344. The molecule has 1 atom stereocenters. The molecule has 0 bridgehead atoms. The maximum absolute atomic E-state index is 11.7. The monoisotopic (exact) mass is 367 g/mol. The number of nitrogens with two attached hydrogens (primary N) is 1. The molecule has 0 saturated heterocycles. The highest BCUT2D eigenvalue weighted by atomic mass is 35.5. The molecule has 0 spiro atoms. The summed E-state index contributed by atoms with van der Waals surface area (Å²) in [6.45, 7) is 9.93. The van der Waals surface area contributed by atoms with Crippen molar-refractivity contribution in [3.05, 3.63) is 28.9 Å². The van der Waals surface area contributed by atoms with Crippen molar-refractivity contribution in [2.24, 2.45) is 5.73 Å². The fourth-order valence-corrected chi connectivity index (χ4v) is 3.51. The number of ether oxygens (including phenoxy) is 1. The summed E-state index contributed by atoms with van der Waals surface area (Å²) in [5, 5.41) is 6.13. The zero-order valence-electron chi connectivity index (χ0n) is 14.8. The first kappa shape index (κ1) is 19.0. The third-order valence-corrected chi connectivity index (χ3v) is 5.97. The molecule has 2 aromatic rings. The Kier molecular flexibility index (Phi) is 6.06. The molecule has 7 heteroatoms. The van der Waals surface area contributed by atoms with Crippen LogP contribution in [0.3, 0.4) is 0 Å². The molecule has 0 saturated carbocycles. The Bertz CT molecular complexity index is 724. The van der Waals surface area contributed by atoms with Gasteiger partial charge in [0.05, 0.1) is 17.1 Å². The van der Waals surface area contributed by atoms with E-state index >= 15 is 0 Å². The molecule has 0 fully saturated rings. The molecule has 0 aliphatic carbocycles. The van der Waals surface area contributed by atoms with Crippen molar-refractivity contribution < 1.29 is 9.53 Å². The number of rotatable bonds is 8. The first-order valence-electron chi connectivity index (χ1n) is 8.26. The molecule has 132 valence electrons. The summed E-state index contributed by atoms with van der Waals surface area (Å²) in [4.78, 5) is 11.7. The normalized spacial score (nSPS) is 13.4. The van der Waals surface area contributed by atoms with Crippen LogP contribution in [0.5, 0.6) is 0 Å². The van der Waals surface area contributed by atoms with Crippen LogP contribution in [0.25, 0.3) is 10.9 Å². The van der Waals surface area contributed by atoms with Gasteiger partial charge in [-0.15, -0.1) is 0 Å². The summed E-state index contributed by atoms with van der Waals surface area (Å²) in [5.41, 5.74) is 7.10. The molecular formula is C17H26ClN3O2Si. The lowest BCUT2D eigenvalue weighted by Gasteiger charge is -2.15. The molecule has 1 heterocycles. The molecule has 0 radical (unpaired) electrons. The fourth-order valence-electron chi connectivity index (χ4n) is 2.59. The quantitative estimate of drug-likeness (QED) is 0.566. The van der Waals surface area contributed by atoms with Crippen LogP contribution < -0.4 is 5.73 Å². The van der Waals surface area contributed by atoms with E-state index in [0.717, 1.165) is 16.9 Å². The van der Waals surface area contributed by atoms with Crippen LogP contribution in [0.15, 0.2) is 18.2 Å². The van der Waals surface area contributed by atoms with Gasteiger partial charge in [-0.1, -0.05) is 38.2 Å². The van der Waals surface area contributed by atoms with Crippen molar-refractivity contribution in [2.75, 3.05) is 6.61 Å². The number of carbonyl (C=O) groups excluding carboxylic acids is 1. The van der Waals surface area contributed by atoms with Crippen molar-refractivity contribution in [1.29, 1.82) is 0 Å². The highest BCUT2D eigenvalue weighted by Crippen LogP contribution is 2.29. The Morgan fingerprint density at radius 2 is 2.12 bits per heavy atom. The lowest BCUT2D eigenvalue weighted by molar-refractivity contribution is -0.119. The minimum atomic E-state index is -1.13. The van der Waals surface area contributed by atoms with Gasteiger partial charge in [0.25, 0.3) is 0 Å². The number of halogens is 1. The summed E-state index contributed by atoms with van der Waals surface area (Å²) >= 11 is 6.13. The first-order chi connectivity index (χ1) is 11.2. The Morgan fingerprint density at radius 1 is 1.42 bits per heavy atom. The second-order valence-corrected chi connectivity index (χ2v) is 13.3. The lowest BCUT2D eigenvalue weighted by atomic mass is 9.99. The Hall–Kier alpha value is -1.37. The largest absolute Gasteiger partial charge is 0.369 e. The average molecular weight is 368 g/mol. The second kappa shape index (κ2) is 7.67. The number of aromatic nitrogens is 2. The average Bonchev–Trinajstić information content (AvgIpc) is 2.81. The molecule has 2 rings (SSSR count). The van der Waals surface area contributed by atoms with Crippen molar-refractivity contribution in [2.45, 2.75) is 51.7 Å². The number of hydrogen-bond donors (Lipinski definition) is 1. The van der Waals surface area contributed by atoms with Crippen LogP contribution in [0.2, 0.25) is 30.7 Å². The summed E-state index contributed by atoms with van der Waals surface area (Å²) in [5.74, 6) is -0.768. The second-order valence-electron chi connectivity index (χ2n) is 7.26. The van der Waals surface area contributed by atoms with Gasteiger partial charge in [-0.2, -0.15) is 5.10 Å². The maximum atomic E-state index is 11.7. The number of amides is 1. The topological polar surface area (TPSA) is 70.1 Å². The van der Waals surface area contributed by atoms with E-state index in [9.17, 15) is 4.79 Å². The van der Waals surface area contributed by atoms with Gasteiger partial charge >= 0.3 is 0 Å². The van der Waals surface area contributed by atoms with E-state index in [4.69, 9.17) is 22.1 Å². The predicted octanol–water partition coefficient (Wildman–Crippen LogP) is 3.98. The standard InChI is InChI=1S/C17H26ClN3O2Si/c1-5-13(17(19)22)16-14-7-6-12(18)10-15(14)21(20-16)11-23-8-9-24(2,3)4/h6-7,10,13H,5,8-9,11H2,1-4H3,(H2,19,22). The van der Waals surface area contributed by atoms with Crippen molar-refractivity contribution in [3.63, 3.8) is 0 Å². The summed E-state index contributed by atoms with van der Waals surface area (Å²) in [7, 11) is -1.13. The van der Waals surface area contributed by atoms with Crippen molar-refractivity contribution in [1.82, 2.24) is 9.78 Å². The van der Waals surface area contributed by atoms with Crippen LogP contribution in [-0.4, -0.2) is 30.4 Å². The molecule has 1 aromatic heterocycles. The van der Waals surface area contributed by atoms with Crippen molar-refractivity contribution >= 4 is 36.5 Å². The number of benzene rings is 1. The number of primary amides is 1. The van der Waals surface area contributed by atoms with Crippen molar-refractivity contribution in [3.8, 4) is 0 Å². The number of fused-ring (bicyclic) bond motifs is 1. The molecule has 1 unspecified atom stereocenters. The fraction of sp³-hybridized carbons (Fsp3) is 0.529. The van der Waals surface area contributed by atoms with Gasteiger partial charge in [0, 0.05) is 25.1 Å². The lowest BCUT2D eigenvalue weighted by Crippen LogP contribution is -2.22.